The van der Waals surface area contributed by atoms with E-state index in [1.165, 1.54) is 0 Å². The van der Waals surface area contributed by atoms with Gasteiger partial charge in [-0.05, 0) is 67.1 Å². The molecule has 0 saturated heterocycles. The van der Waals surface area contributed by atoms with Gasteiger partial charge in [0.15, 0.2) is 5.78 Å². The van der Waals surface area contributed by atoms with Gasteiger partial charge >= 0.3 is 0 Å². The lowest BCUT2D eigenvalue weighted by molar-refractivity contribution is -0.116. The third kappa shape index (κ3) is 3.69. The van der Waals surface area contributed by atoms with Gasteiger partial charge in [-0.15, -0.1) is 0 Å². The fourth-order valence-electron chi connectivity index (χ4n) is 5.13. The number of hydrogen-bond acceptors (Lipinski definition) is 6. The number of amides is 1. The minimum Gasteiger partial charge on any atom is -0.497 e. The largest absolute Gasteiger partial charge is 0.497 e. The van der Waals surface area contributed by atoms with Gasteiger partial charge in [0.1, 0.15) is 23.3 Å². The van der Waals surface area contributed by atoms with Crippen LogP contribution in [0.15, 0.2) is 105 Å². The summed E-state index contributed by atoms with van der Waals surface area (Å²) in [7, 11) is 1.58. The molecular weight excluding hydrogens is 456 g/mol. The Balaban J connectivity index is 1.53. The van der Waals surface area contributed by atoms with Crippen molar-refractivity contribution in [1.29, 1.82) is 0 Å². The maximum Gasteiger partial charge on any atom is 0.259 e. The number of nitrogens with zero attached hydrogens (tertiary/aromatic N) is 1. The second-order valence-electron chi connectivity index (χ2n) is 8.90. The fraction of sp³-hybridized carbons (Fsp3) is 0.172. The number of carbonyl (C=O) groups is 2. The SMILES string of the molecule is COc1ccc(C(=O)N2c3ccccc3NC3=C(C(=O)CC(c4ccco4)C3)C2c2ccco2)cc1. The van der Waals surface area contributed by atoms with Crippen LogP contribution >= 0.6 is 0 Å². The molecule has 7 nitrogen and oxygen atoms in total. The van der Waals surface area contributed by atoms with Crippen LogP contribution in [0.4, 0.5) is 11.4 Å². The van der Waals surface area contributed by atoms with Gasteiger partial charge in [-0.25, -0.2) is 0 Å². The first-order chi connectivity index (χ1) is 17.6. The highest BCUT2D eigenvalue weighted by atomic mass is 16.5. The van der Waals surface area contributed by atoms with Crippen LogP contribution in [0.25, 0.3) is 0 Å². The van der Waals surface area contributed by atoms with E-state index < -0.39 is 6.04 Å². The Morgan fingerprint density at radius 1 is 0.917 bits per heavy atom. The normalized spacial score (nSPS) is 19.2. The molecule has 2 aromatic carbocycles. The van der Waals surface area contributed by atoms with Crippen molar-refractivity contribution in [2.75, 3.05) is 17.3 Å². The number of furan rings is 2. The minimum atomic E-state index is -0.731. The first-order valence-electron chi connectivity index (χ1n) is 11.8. The number of nitrogens with one attached hydrogen (secondary N) is 1. The standard InChI is InChI=1S/C29H24N2O5/c1-34-20-12-10-18(11-13-20)29(33)31-23-7-3-2-6-21(23)30-22-16-19(25-8-4-14-35-25)17-24(32)27(22)28(31)26-9-5-15-36-26/h2-15,19,28,30H,16-17H2,1H3. The molecule has 6 rings (SSSR count). The summed E-state index contributed by atoms with van der Waals surface area (Å²) in [6.45, 7) is 0. The molecule has 0 fully saturated rings. The van der Waals surface area contributed by atoms with E-state index in [9.17, 15) is 9.59 Å². The maximum absolute atomic E-state index is 14.1. The van der Waals surface area contributed by atoms with Crippen molar-refractivity contribution >= 4 is 23.1 Å². The molecule has 1 aliphatic carbocycles. The number of fused-ring (bicyclic) bond motifs is 1. The van der Waals surface area contributed by atoms with Crippen LogP contribution in [0.5, 0.6) is 5.75 Å². The van der Waals surface area contributed by atoms with Crippen molar-refractivity contribution in [3.63, 3.8) is 0 Å². The van der Waals surface area contributed by atoms with Gasteiger partial charge in [0.2, 0.25) is 0 Å². The van der Waals surface area contributed by atoms with Crippen LogP contribution < -0.4 is 15.0 Å². The summed E-state index contributed by atoms with van der Waals surface area (Å²) in [5, 5.41) is 3.49. The Labute approximate surface area is 208 Å². The molecule has 1 N–H and O–H groups in total. The van der Waals surface area contributed by atoms with Crippen LogP contribution in [0.1, 0.15) is 46.7 Å². The maximum atomic E-state index is 14.1. The van der Waals surface area contributed by atoms with E-state index >= 15 is 0 Å². The Hall–Kier alpha value is -4.52. The predicted octanol–water partition coefficient (Wildman–Crippen LogP) is 6.10. The number of rotatable bonds is 4. The summed E-state index contributed by atoms with van der Waals surface area (Å²) in [6.07, 6.45) is 4.05. The molecule has 36 heavy (non-hydrogen) atoms. The van der Waals surface area contributed by atoms with Gasteiger partial charge < -0.3 is 18.9 Å². The minimum absolute atomic E-state index is 0.0492. The van der Waals surface area contributed by atoms with E-state index in [0.29, 0.717) is 34.8 Å². The van der Waals surface area contributed by atoms with Crippen molar-refractivity contribution in [2.45, 2.75) is 24.8 Å². The molecule has 2 aliphatic rings. The number of carbonyl (C=O) groups excluding carboxylic acids is 2. The number of Topliss-reactive ketones (excluding diaryl/α,β-unsaturated/α-hetero) is 1. The fourth-order valence-corrected chi connectivity index (χ4v) is 5.13. The molecule has 1 amide bonds. The quantitative estimate of drug-likeness (QED) is 0.380. The first kappa shape index (κ1) is 22.0. The molecular formula is C29H24N2O5. The lowest BCUT2D eigenvalue weighted by Crippen LogP contribution is -2.38. The molecule has 2 aromatic heterocycles. The highest BCUT2D eigenvalue weighted by Crippen LogP contribution is 2.47. The van der Waals surface area contributed by atoms with Gasteiger partial charge in [-0.3, -0.25) is 14.5 Å². The first-order valence-corrected chi connectivity index (χ1v) is 11.8. The van der Waals surface area contributed by atoms with Gasteiger partial charge in [0, 0.05) is 29.2 Å². The Morgan fingerprint density at radius 2 is 1.64 bits per heavy atom. The number of anilines is 2. The smallest absolute Gasteiger partial charge is 0.259 e. The number of benzene rings is 2. The van der Waals surface area contributed by atoms with E-state index in [4.69, 9.17) is 13.6 Å². The molecule has 2 unspecified atom stereocenters. The number of ether oxygens (including phenoxy) is 1. The summed E-state index contributed by atoms with van der Waals surface area (Å²) < 4.78 is 16.8. The number of ketones is 1. The Kier molecular flexibility index (Phi) is 5.45. The summed E-state index contributed by atoms with van der Waals surface area (Å²) in [5.41, 5.74) is 3.19. The second-order valence-corrected chi connectivity index (χ2v) is 8.90. The van der Waals surface area contributed by atoms with Crippen LogP contribution in [0.2, 0.25) is 0 Å². The zero-order valence-corrected chi connectivity index (χ0v) is 19.6. The molecule has 0 radical (unpaired) electrons. The molecule has 2 atom stereocenters. The number of para-hydroxylation sites is 2. The van der Waals surface area contributed by atoms with Gasteiger partial charge in [-0.2, -0.15) is 0 Å². The number of methoxy groups -OCH3 is 1. The molecule has 4 aromatic rings. The second kappa shape index (κ2) is 8.92. The van der Waals surface area contributed by atoms with Crippen LogP contribution in [0, 0.1) is 0 Å². The van der Waals surface area contributed by atoms with Crippen molar-refractivity contribution in [3.05, 3.63) is 114 Å². The van der Waals surface area contributed by atoms with Gasteiger partial charge in [0.05, 0.1) is 31.0 Å². The molecule has 0 saturated carbocycles. The van der Waals surface area contributed by atoms with Crippen molar-refractivity contribution in [1.82, 2.24) is 0 Å². The summed E-state index contributed by atoms with van der Waals surface area (Å²) in [6, 6.07) is 21.1. The average Bonchev–Trinajstić information content (AvgIpc) is 3.61. The van der Waals surface area contributed by atoms with Crippen molar-refractivity contribution in [2.24, 2.45) is 0 Å². The van der Waals surface area contributed by atoms with E-state index in [1.807, 2.05) is 42.5 Å². The topological polar surface area (TPSA) is 84.9 Å². The number of allylic oxidation sites excluding steroid dienone is 1. The third-order valence-corrected chi connectivity index (χ3v) is 6.80. The zero-order chi connectivity index (χ0) is 24.6. The van der Waals surface area contributed by atoms with Crippen LogP contribution in [-0.4, -0.2) is 18.8 Å². The summed E-state index contributed by atoms with van der Waals surface area (Å²) >= 11 is 0. The highest BCUT2D eigenvalue weighted by Gasteiger charge is 2.43. The van der Waals surface area contributed by atoms with Crippen molar-refractivity contribution in [3.8, 4) is 5.75 Å². The highest BCUT2D eigenvalue weighted by molar-refractivity contribution is 6.12. The average molecular weight is 481 g/mol. The molecule has 3 heterocycles. The third-order valence-electron chi connectivity index (χ3n) is 6.80. The van der Waals surface area contributed by atoms with E-state index in [2.05, 4.69) is 5.32 Å². The summed E-state index contributed by atoms with van der Waals surface area (Å²) in [4.78, 5) is 29.6. The molecule has 0 bridgehead atoms. The lowest BCUT2D eigenvalue weighted by atomic mass is 9.81. The van der Waals surface area contributed by atoms with Crippen molar-refractivity contribution < 1.29 is 23.2 Å². The monoisotopic (exact) mass is 480 g/mol. The molecule has 1 aliphatic heterocycles. The predicted molar refractivity (Wildman–Crippen MR) is 134 cm³/mol. The zero-order valence-electron chi connectivity index (χ0n) is 19.6. The van der Waals surface area contributed by atoms with E-state index in [-0.39, 0.29) is 24.0 Å². The molecule has 7 heteroatoms. The number of hydrogen-bond donors (Lipinski definition) is 1. The molecule has 180 valence electrons. The van der Waals surface area contributed by atoms with Gasteiger partial charge in [0.25, 0.3) is 5.91 Å². The Morgan fingerprint density at radius 3 is 2.33 bits per heavy atom. The van der Waals surface area contributed by atoms with E-state index in [1.54, 1.807) is 54.9 Å². The summed E-state index contributed by atoms with van der Waals surface area (Å²) in [5.74, 6) is 1.56. The van der Waals surface area contributed by atoms with E-state index in [0.717, 1.165) is 17.1 Å². The molecule has 0 spiro atoms. The lowest BCUT2D eigenvalue weighted by Gasteiger charge is -2.33. The Bertz CT molecular complexity index is 1440. The van der Waals surface area contributed by atoms with Crippen LogP contribution in [-0.2, 0) is 4.79 Å². The van der Waals surface area contributed by atoms with Crippen LogP contribution in [0.3, 0.4) is 0 Å². The van der Waals surface area contributed by atoms with Gasteiger partial charge in [-0.1, -0.05) is 12.1 Å².